The first-order valence-corrected chi connectivity index (χ1v) is 5.26. The average Bonchev–Trinajstić information content (AvgIpc) is 2.35. The van der Waals surface area contributed by atoms with Gasteiger partial charge in [-0.15, -0.1) is 0 Å². The molecule has 0 aliphatic carbocycles. The number of carbonyl (C=O) groups is 2. The van der Waals surface area contributed by atoms with Crippen LogP contribution in [0.2, 0.25) is 0 Å². The molecule has 0 saturated heterocycles. The average molecular weight is 273 g/mol. The van der Waals surface area contributed by atoms with E-state index >= 15 is 0 Å². The molecule has 0 unspecified atom stereocenters. The number of benzene rings is 1. The second kappa shape index (κ2) is 6.53. The maximum absolute atomic E-state index is 13.3. The molecule has 0 bridgehead atoms. The smallest absolute Gasteiger partial charge is 0.319 e. The van der Waals surface area contributed by atoms with E-state index in [-0.39, 0.29) is 12.2 Å². The largest absolute Gasteiger partial charge is 0.491 e. The van der Waals surface area contributed by atoms with Crippen LogP contribution >= 0.6 is 0 Å². The molecule has 0 atom stereocenters. The molecule has 0 radical (unpaired) electrons. The summed E-state index contributed by atoms with van der Waals surface area (Å²) >= 11 is 0. The third-order valence-electron chi connectivity index (χ3n) is 2.15. The Kier molecular flexibility index (Phi) is 5.04. The predicted molar refractivity (Wildman–Crippen MR) is 64.0 cm³/mol. The summed E-state index contributed by atoms with van der Waals surface area (Å²) in [6.07, 6.45) is 0. The van der Waals surface area contributed by atoms with Crippen molar-refractivity contribution in [3.63, 3.8) is 0 Å². The number of amides is 3. The predicted octanol–water partition coefficient (Wildman–Crippen LogP) is 0.841. The molecule has 19 heavy (non-hydrogen) atoms. The van der Waals surface area contributed by atoms with Crippen LogP contribution in [0.15, 0.2) is 12.1 Å². The summed E-state index contributed by atoms with van der Waals surface area (Å²) in [6.45, 7) is -0.247. The zero-order chi connectivity index (χ0) is 14.4. The number of hydrogen-bond acceptors (Lipinski definition) is 3. The number of nitrogens with one attached hydrogen (secondary N) is 3. The van der Waals surface area contributed by atoms with Crippen LogP contribution in [-0.4, -0.2) is 32.6 Å². The molecule has 0 aliphatic heterocycles. The number of rotatable bonds is 4. The summed E-state index contributed by atoms with van der Waals surface area (Å²) in [5.41, 5.74) is -0.0924. The third kappa shape index (κ3) is 4.09. The highest BCUT2D eigenvalue weighted by Gasteiger charge is 2.13. The summed E-state index contributed by atoms with van der Waals surface area (Å²) in [5, 5.41) is 6.70. The topological polar surface area (TPSA) is 79.5 Å². The molecule has 6 nitrogen and oxygen atoms in total. The van der Waals surface area contributed by atoms with Crippen LogP contribution in [0.3, 0.4) is 0 Å². The Morgan fingerprint density at radius 1 is 1.26 bits per heavy atom. The van der Waals surface area contributed by atoms with E-state index < -0.39 is 29.3 Å². The molecule has 0 spiro atoms. The Labute approximate surface area is 108 Å². The lowest BCUT2D eigenvalue weighted by atomic mass is 10.2. The van der Waals surface area contributed by atoms with Crippen molar-refractivity contribution >= 4 is 17.6 Å². The van der Waals surface area contributed by atoms with Crippen molar-refractivity contribution < 1.29 is 23.1 Å². The molecule has 1 rings (SSSR count). The summed E-state index contributed by atoms with van der Waals surface area (Å²) in [5.74, 6) is -2.81. The maximum Gasteiger partial charge on any atom is 0.319 e. The van der Waals surface area contributed by atoms with E-state index in [2.05, 4.69) is 20.7 Å². The van der Waals surface area contributed by atoms with Gasteiger partial charge >= 0.3 is 6.03 Å². The summed E-state index contributed by atoms with van der Waals surface area (Å²) in [7, 11) is 2.54. The minimum Gasteiger partial charge on any atom is -0.491 e. The van der Waals surface area contributed by atoms with Gasteiger partial charge in [-0.1, -0.05) is 0 Å². The van der Waals surface area contributed by atoms with Gasteiger partial charge in [-0.2, -0.15) is 0 Å². The van der Waals surface area contributed by atoms with E-state index in [0.29, 0.717) is 0 Å². The first-order chi connectivity index (χ1) is 8.97. The molecule has 0 aromatic heterocycles. The first kappa shape index (κ1) is 14.7. The molecule has 3 amide bonds. The molecule has 0 heterocycles. The Hall–Kier alpha value is -2.38. The minimum absolute atomic E-state index is 0.0924. The highest BCUT2D eigenvalue weighted by Crippen LogP contribution is 2.25. The SMILES string of the molecule is CNC(=O)CNC(=O)Nc1cc(F)c(OC)c(F)c1. The normalized spacial score (nSPS) is 9.68. The number of anilines is 1. The van der Waals surface area contributed by atoms with E-state index in [4.69, 9.17) is 0 Å². The number of ether oxygens (including phenoxy) is 1. The van der Waals surface area contributed by atoms with E-state index in [0.717, 1.165) is 19.2 Å². The molecule has 0 aliphatic rings. The molecule has 104 valence electrons. The van der Waals surface area contributed by atoms with Crippen LogP contribution in [-0.2, 0) is 4.79 Å². The molecule has 3 N–H and O–H groups in total. The summed E-state index contributed by atoms with van der Waals surface area (Å²) in [4.78, 5) is 22.2. The quantitative estimate of drug-likeness (QED) is 0.760. The van der Waals surface area contributed by atoms with Crippen LogP contribution in [0.4, 0.5) is 19.3 Å². The van der Waals surface area contributed by atoms with E-state index in [1.807, 2.05) is 0 Å². The fourth-order valence-corrected chi connectivity index (χ4v) is 1.25. The number of likely N-dealkylation sites (N-methyl/N-ethyl adjacent to an activating group) is 1. The van der Waals surface area contributed by atoms with Crippen LogP contribution < -0.4 is 20.7 Å². The fourth-order valence-electron chi connectivity index (χ4n) is 1.25. The zero-order valence-electron chi connectivity index (χ0n) is 10.3. The lowest BCUT2D eigenvalue weighted by Gasteiger charge is -2.09. The van der Waals surface area contributed by atoms with Gasteiger partial charge in [0.15, 0.2) is 17.4 Å². The molecule has 1 aromatic rings. The Bertz CT molecular complexity index is 471. The van der Waals surface area contributed by atoms with Crippen molar-refractivity contribution in [2.75, 3.05) is 26.0 Å². The summed E-state index contributed by atoms with van der Waals surface area (Å²) < 4.78 is 31.2. The van der Waals surface area contributed by atoms with Gasteiger partial charge in [0.1, 0.15) is 0 Å². The zero-order valence-corrected chi connectivity index (χ0v) is 10.3. The Morgan fingerprint density at radius 3 is 2.32 bits per heavy atom. The summed E-state index contributed by atoms with van der Waals surface area (Å²) in [6, 6.07) is 1.05. The molecule has 1 aromatic carbocycles. The van der Waals surface area contributed by atoms with E-state index in [1.165, 1.54) is 7.05 Å². The van der Waals surface area contributed by atoms with Crippen molar-refractivity contribution in [3.8, 4) is 5.75 Å². The van der Waals surface area contributed by atoms with Gasteiger partial charge in [0.2, 0.25) is 5.91 Å². The molecule has 0 saturated carbocycles. The van der Waals surface area contributed by atoms with E-state index in [1.54, 1.807) is 0 Å². The molecular weight excluding hydrogens is 260 g/mol. The third-order valence-corrected chi connectivity index (χ3v) is 2.15. The number of methoxy groups -OCH3 is 1. The van der Waals surface area contributed by atoms with Crippen LogP contribution in [0.5, 0.6) is 5.75 Å². The number of urea groups is 1. The maximum atomic E-state index is 13.3. The monoisotopic (exact) mass is 273 g/mol. The lowest BCUT2D eigenvalue weighted by molar-refractivity contribution is -0.119. The minimum atomic E-state index is -0.941. The van der Waals surface area contributed by atoms with Crippen molar-refractivity contribution in [2.24, 2.45) is 0 Å². The van der Waals surface area contributed by atoms with Gasteiger partial charge in [-0.25, -0.2) is 13.6 Å². The second-order valence-corrected chi connectivity index (χ2v) is 3.45. The van der Waals surface area contributed by atoms with Crippen molar-refractivity contribution in [1.82, 2.24) is 10.6 Å². The van der Waals surface area contributed by atoms with Crippen LogP contribution in [0.1, 0.15) is 0 Å². The molecule has 0 fully saturated rings. The highest BCUT2D eigenvalue weighted by atomic mass is 19.1. The van der Waals surface area contributed by atoms with Gasteiger partial charge in [0.25, 0.3) is 0 Å². The van der Waals surface area contributed by atoms with Gasteiger partial charge in [0.05, 0.1) is 13.7 Å². The van der Waals surface area contributed by atoms with Crippen LogP contribution in [0.25, 0.3) is 0 Å². The number of halogens is 2. The van der Waals surface area contributed by atoms with Gasteiger partial charge in [-0.05, 0) is 0 Å². The second-order valence-electron chi connectivity index (χ2n) is 3.45. The van der Waals surface area contributed by atoms with Crippen molar-refractivity contribution in [3.05, 3.63) is 23.8 Å². The Morgan fingerprint density at radius 2 is 1.84 bits per heavy atom. The van der Waals surface area contributed by atoms with E-state index in [9.17, 15) is 18.4 Å². The lowest BCUT2D eigenvalue weighted by Crippen LogP contribution is -2.37. The van der Waals surface area contributed by atoms with Gasteiger partial charge in [0, 0.05) is 24.9 Å². The highest BCUT2D eigenvalue weighted by molar-refractivity contribution is 5.92. The first-order valence-electron chi connectivity index (χ1n) is 5.26. The molecule has 8 heteroatoms. The Balaban J connectivity index is 2.67. The van der Waals surface area contributed by atoms with Crippen molar-refractivity contribution in [1.29, 1.82) is 0 Å². The molecular formula is C11H13F2N3O3. The fraction of sp³-hybridized carbons (Fsp3) is 0.273. The van der Waals surface area contributed by atoms with Crippen molar-refractivity contribution in [2.45, 2.75) is 0 Å². The van der Waals surface area contributed by atoms with Gasteiger partial charge in [-0.3, -0.25) is 4.79 Å². The van der Waals surface area contributed by atoms with Crippen LogP contribution in [0, 0.1) is 11.6 Å². The number of carbonyl (C=O) groups excluding carboxylic acids is 2. The standard InChI is InChI=1S/C11H13F2N3O3/c1-14-9(17)5-15-11(18)16-6-3-7(12)10(19-2)8(13)4-6/h3-4H,5H2,1-2H3,(H,14,17)(H2,15,16,18). The van der Waals surface area contributed by atoms with Gasteiger partial charge < -0.3 is 20.7 Å². The number of hydrogen-bond donors (Lipinski definition) is 3.